The number of carbonyl (C=O) groups is 2. The van der Waals surface area contributed by atoms with Crippen LogP contribution in [0.25, 0.3) is 0 Å². The van der Waals surface area contributed by atoms with Crippen LogP contribution in [0.2, 0.25) is 0 Å². The van der Waals surface area contributed by atoms with Gasteiger partial charge in [0.25, 0.3) is 7.82 Å². The van der Waals surface area contributed by atoms with Crippen LogP contribution in [-0.4, -0.2) is 69.4 Å². The first-order valence-electron chi connectivity index (χ1n) is 30.6. The summed E-state index contributed by atoms with van der Waals surface area (Å²) in [5.41, 5.74) is 0. The second-order valence-corrected chi connectivity index (χ2v) is 22.9. The number of unbranched alkanes of at least 4 members (excludes halogenated alkanes) is 25. The molecule has 432 valence electrons. The Balaban J connectivity index is 5.36. The van der Waals surface area contributed by atoms with Crippen LogP contribution in [0.3, 0.4) is 0 Å². The highest BCUT2D eigenvalue weighted by atomic mass is 31.2. The van der Waals surface area contributed by atoms with Crippen molar-refractivity contribution in [2.45, 2.75) is 264 Å². The number of ether oxygens (including phenoxy) is 1. The van der Waals surface area contributed by atoms with Crippen molar-refractivity contribution in [3.8, 4) is 0 Å². The van der Waals surface area contributed by atoms with Gasteiger partial charge >= 0.3 is 5.97 Å². The molecule has 3 unspecified atom stereocenters. The molecule has 0 aromatic carbocycles. The van der Waals surface area contributed by atoms with Gasteiger partial charge in [-0.25, -0.2) is 0 Å². The number of phosphoric ester groups is 1. The molecule has 0 bridgehead atoms. The molecule has 0 saturated heterocycles. The van der Waals surface area contributed by atoms with Crippen LogP contribution < -0.4 is 10.2 Å². The van der Waals surface area contributed by atoms with Gasteiger partial charge in [-0.15, -0.1) is 0 Å². The number of hydrogen-bond acceptors (Lipinski definition) is 7. The first-order valence-corrected chi connectivity index (χ1v) is 32.0. The summed E-state index contributed by atoms with van der Waals surface area (Å²) >= 11 is 0. The number of nitrogens with zero attached hydrogens (tertiary/aromatic N) is 1. The fourth-order valence-electron chi connectivity index (χ4n) is 8.30. The highest BCUT2D eigenvalue weighted by molar-refractivity contribution is 7.45. The van der Waals surface area contributed by atoms with Crippen LogP contribution in [0.5, 0.6) is 0 Å². The summed E-state index contributed by atoms with van der Waals surface area (Å²) in [6.07, 6.45) is 72.3. The fourth-order valence-corrected chi connectivity index (χ4v) is 9.03. The summed E-state index contributed by atoms with van der Waals surface area (Å²) in [7, 11) is 1.14. The molecule has 0 rings (SSSR count). The SMILES string of the molecule is CC/C=C\C/C=C\C/C=C\C/C=C\C/C=C\CCCCCCCC(=O)OC(/C=C/CCCCCCCCCCCC)C(COP(=O)([O-])OCC[N+](C)(C)C)NC(=O)CCCCC/C=C/C=C/CCCCCCCCC. The van der Waals surface area contributed by atoms with E-state index in [9.17, 15) is 19.0 Å². The predicted molar refractivity (Wildman–Crippen MR) is 321 cm³/mol. The van der Waals surface area contributed by atoms with Crippen molar-refractivity contribution in [1.82, 2.24) is 5.32 Å². The quantitative estimate of drug-likeness (QED) is 0.0161. The van der Waals surface area contributed by atoms with E-state index in [0.717, 1.165) is 109 Å². The largest absolute Gasteiger partial charge is 0.756 e. The zero-order valence-electron chi connectivity index (χ0n) is 49.2. The highest BCUT2D eigenvalue weighted by Gasteiger charge is 2.27. The maximum Gasteiger partial charge on any atom is 0.306 e. The van der Waals surface area contributed by atoms with Gasteiger partial charge in [0, 0.05) is 12.8 Å². The highest BCUT2D eigenvalue weighted by Crippen LogP contribution is 2.38. The number of phosphoric acid groups is 1. The van der Waals surface area contributed by atoms with E-state index in [1.54, 1.807) is 0 Å². The van der Waals surface area contributed by atoms with Gasteiger partial charge in [0.2, 0.25) is 5.91 Å². The Morgan fingerprint density at radius 2 is 0.893 bits per heavy atom. The first kappa shape index (κ1) is 71.9. The zero-order valence-corrected chi connectivity index (χ0v) is 50.1. The van der Waals surface area contributed by atoms with Gasteiger partial charge in [-0.05, 0) is 102 Å². The van der Waals surface area contributed by atoms with Gasteiger partial charge in [0.05, 0.1) is 33.8 Å². The molecule has 0 fully saturated rings. The van der Waals surface area contributed by atoms with Gasteiger partial charge in [0.15, 0.2) is 0 Å². The number of hydrogen-bond donors (Lipinski definition) is 1. The minimum Gasteiger partial charge on any atom is -0.756 e. The standard InChI is InChI=1S/C65H115N2O7P/c1-7-10-13-16-19-22-25-28-30-32-33-34-35-36-38-40-43-46-49-52-55-58-65(69)74-63(56-53-50-47-44-41-27-24-21-18-15-12-9-3)62(61-73-75(70,71)72-60-59-67(4,5)6)66-64(68)57-54-51-48-45-42-39-37-31-29-26-23-20-17-14-11-8-2/h10,13,19,22,28,30-31,33-34,36-39,42,53,56,62-63H,7-9,11-12,14-18,20-21,23-27,29,32,35,40-41,43-52,54-55,57-61H2,1-6H3,(H-,66,68,70,71)/b13-10-,22-19-,30-28-,34-33-,37-31+,38-36-,42-39+,56-53+. The average molecular weight is 1070 g/mol. The molecular formula is C65H115N2O7P. The minimum atomic E-state index is -4.71. The van der Waals surface area contributed by atoms with Crippen LogP contribution in [0.4, 0.5) is 0 Å². The molecule has 0 aliphatic carbocycles. The lowest BCUT2D eigenvalue weighted by molar-refractivity contribution is -0.870. The molecule has 0 aliphatic heterocycles. The Morgan fingerprint density at radius 3 is 1.37 bits per heavy atom. The summed E-state index contributed by atoms with van der Waals surface area (Å²) in [5.74, 6) is -0.598. The van der Waals surface area contributed by atoms with Crippen LogP contribution >= 0.6 is 7.82 Å². The number of allylic oxidation sites excluding steroid dienone is 15. The summed E-state index contributed by atoms with van der Waals surface area (Å²) in [6.45, 7) is 6.68. The number of esters is 1. The van der Waals surface area contributed by atoms with E-state index in [2.05, 4.69) is 111 Å². The average Bonchev–Trinajstić information content (AvgIpc) is 3.37. The van der Waals surface area contributed by atoms with Crippen LogP contribution in [0.15, 0.2) is 97.2 Å². The number of nitrogens with one attached hydrogen (secondary N) is 1. The van der Waals surface area contributed by atoms with Gasteiger partial charge in [-0.3, -0.25) is 14.2 Å². The minimum absolute atomic E-state index is 0.0351. The lowest BCUT2D eigenvalue weighted by Gasteiger charge is -2.30. The smallest absolute Gasteiger partial charge is 0.306 e. The second-order valence-electron chi connectivity index (χ2n) is 21.5. The van der Waals surface area contributed by atoms with E-state index >= 15 is 0 Å². The molecule has 0 radical (unpaired) electrons. The summed E-state index contributed by atoms with van der Waals surface area (Å²) in [4.78, 5) is 39.9. The molecule has 9 nitrogen and oxygen atoms in total. The third-order valence-corrected chi connectivity index (χ3v) is 14.0. The second kappa shape index (κ2) is 54.3. The van der Waals surface area contributed by atoms with Gasteiger partial charge in [0.1, 0.15) is 19.3 Å². The summed E-state index contributed by atoms with van der Waals surface area (Å²) < 4.78 is 30.3. The van der Waals surface area contributed by atoms with Crippen molar-refractivity contribution in [2.24, 2.45) is 0 Å². The topological polar surface area (TPSA) is 114 Å². The molecule has 1 N–H and O–H groups in total. The van der Waals surface area contributed by atoms with Gasteiger partial charge in [-0.2, -0.15) is 0 Å². The van der Waals surface area contributed by atoms with E-state index < -0.39 is 26.6 Å². The third kappa shape index (κ3) is 55.5. The monoisotopic (exact) mass is 1070 g/mol. The van der Waals surface area contributed by atoms with E-state index in [1.165, 1.54) is 96.3 Å². The summed E-state index contributed by atoms with van der Waals surface area (Å²) in [5, 5.41) is 3.00. The normalized spacial score (nSPS) is 14.4. The van der Waals surface area contributed by atoms with Crippen molar-refractivity contribution in [2.75, 3.05) is 40.9 Å². The Morgan fingerprint density at radius 1 is 0.493 bits per heavy atom. The Kier molecular flexibility index (Phi) is 52.1. The Labute approximate surface area is 462 Å². The molecule has 3 atom stereocenters. The van der Waals surface area contributed by atoms with Gasteiger partial charge < -0.3 is 28.5 Å². The maximum atomic E-state index is 13.5. The molecular weight excluding hydrogens is 952 g/mol. The van der Waals surface area contributed by atoms with E-state index in [1.807, 2.05) is 33.3 Å². The van der Waals surface area contributed by atoms with Crippen LogP contribution in [0.1, 0.15) is 252 Å². The molecule has 10 heteroatoms. The maximum absolute atomic E-state index is 13.5. The van der Waals surface area contributed by atoms with Crippen molar-refractivity contribution in [1.29, 1.82) is 0 Å². The molecule has 0 aliphatic rings. The number of likely N-dealkylation sites (N-methyl/N-ethyl adjacent to an activating group) is 1. The molecule has 1 amide bonds. The third-order valence-electron chi connectivity index (χ3n) is 13.0. The van der Waals surface area contributed by atoms with Crippen LogP contribution in [-0.2, 0) is 27.9 Å². The van der Waals surface area contributed by atoms with Crippen molar-refractivity contribution in [3.63, 3.8) is 0 Å². The Hall–Kier alpha value is -3.07. The van der Waals surface area contributed by atoms with Gasteiger partial charge in [-0.1, -0.05) is 234 Å². The van der Waals surface area contributed by atoms with Crippen molar-refractivity contribution >= 4 is 19.7 Å². The van der Waals surface area contributed by atoms with E-state index in [4.69, 9.17) is 13.8 Å². The first-order chi connectivity index (χ1) is 36.4. The zero-order chi connectivity index (χ0) is 55.0. The molecule has 0 spiro atoms. The van der Waals surface area contributed by atoms with E-state index in [0.29, 0.717) is 23.9 Å². The predicted octanol–water partition coefficient (Wildman–Crippen LogP) is 18.1. The Bertz CT molecular complexity index is 1610. The number of quaternary nitrogens is 1. The van der Waals surface area contributed by atoms with E-state index in [-0.39, 0.29) is 31.3 Å². The molecule has 0 saturated carbocycles. The number of rotatable bonds is 54. The van der Waals surface area contributed by atoms with Crippen molar-refractivity contribution in [3.05, 3.63) is 97.2 Å². The molecule has 0 heterocycles. The molecule has 75 heavy (non-hydrogen) atoms. The van der Waals surface area contributed by atoms with Crippen LogP contribution in [0, 0.1) is 0 Å². The number of amides is 1. The lowest BCUT2D eigenvalue weighted by atomic mass is 10.1. The summed E-state index contributed by atoms with van der Waals surface area (Å²) in [6, 6.07) is -0.915. The number of carbonyl (C=O) groups excluding carboxylic acids is 2. The fraction of sp³-hybridized carbons (Fsp3) is 0.723. The lowest BCUT2D eigenvalue weighted by Crippen LogP contribution is -2.47. The van der Waals surface area contributed by atoms with Crippen molar-refractivity contribution < 1.29 is 37.3 Å². The molecule has 0 aromatic rings. The molecule has 0 aromatic heterocycles.